The molecular weight excluding hydrogens is 390 g/mol. The lowest BCUT2D eigenvalue weighted by molar-refractivity contribution is -0.120. The molecule has 0 atom stereocenters. The van der Waals surface area contributed by atoms with Crippen LogP contribution in [0.5, 0.6) is 0 Å². The minimum Gasteiger partial charge on any atom is -0.339 e. The van der Waals surface area contributed by atoms with E-state index >= 15 is 0 Å². The van der Waals surface area contributed by atoms with Gasteiger partial charge in [-0.05, 0) is 55.9 Å². The molecule has 4 rings (SSSR count). The molecule has 3 aliphatic rings. The monoisotopic (exact) mass is 413 g/mol. The number of hydrogen-bond donors (Lipinski definition) is 0. The van der Waals surface area contributed by atoms with Crippen molar-refractivity contribution in [3.05, 3.63) is 46.7 Å². The van der Waals surface area contributed by atoms with Gasteiger partial charge in [0.05, 0.1) is 5.56 Å². The maximum absolute atomic E-state index is 12.8. The fourth-order valence-corrected chi connectivity index (χ4v) is 4.33. The molecule has 1 aliphatic carbocycles. The van der Waals surface area contributed by atoms with E-state index < -0.39 is 0 Å². The lowest BCUT2D eigenvalue weighted by atomic mass is 9.86. The van der Waals surface area contributed by atoms with Crippen LogP contribution in [0.25, 0.3) is 0 Å². The Morgan fingerprint density at radius 1 is 1.03 bits per heavy atom. The standard InChI is InChI=1S/C22H24ClN3O3/c23-18-6-3-15(4-7-18)21(28)16-9-12-25(13-10-16)22(29)17-5-8-19(24-14-17)26-11-1-2-20(26)27/h3,5-6,8,14,16H,1-2,4,7,9-13H2. The van der Waals surface area contributed by atoms with Crippen molar-refractivity contribution in [1.29, 1.82) is 0 Å². The van der Waals surface area contributed by atoms with E-state index in [0.29, 0.717) is 56.7 Å². The molecular formula is C22H24ClN3O3. The molecule has 2 fully saturated rings. The summed E-state index contributed by atoms with van der Waals surface area (Å²) in [6, 6.07) is 3.47. The molecule has 3 heterocycles. The van der Waals surface area contributed by atoms with Gasteiger partial charge in [0.15, 0.2) is 5.78 Å². The van der Waals surface area contributed by atoms with Crippen molar-refractivity contribution < 1.29 is 14.4 Å². The van der Waals surface area contributed by atoms with E-state index in [0.717, 1.165) is 23.4 Å². The van der Waals surface area contributed by atoms with Crippen molar-refractivity contribution in [2.24, 2.45) is 5.92 Å². The predicted octanol–water partition coefficient (Wildman–Crippen LogP) is 3.47. The zero-order chi connectivity index (χ0) is 20.4. The van der Waals surface area contributed by atoms with Crippen LogP contribution in [0.4, 0.5) is 5.82 Å². The van der Waals surface area contributed by atoms with E-state index in [4.69, 9.17) is 11.6 Å². The van der Waals surface area contributed by atoms with Crippen LogP contribution in [0.2, 0.25) is 0 Å². The van der Waals surface area contributed by atoms with E-state index in [1.54, 1.807) is 28.1 Å². The summed E-state index contributed by atoms with van der Waals surface area (Å²) in [7, 11) is 0. The second kappa shape index (κ2) is 8.49. The number of allylic oxidation sites excluding steroid dienone is 4. The highest BCUT2D eigenvalue weighted by Crippen LogP contribution is 2.28. The summed E-state index contributed by atoms with van der Waals surface area (Å²) in [6.07, 6.45) is 9.36. The van der Waals surface area contributed by atoms with Crippen LogP contribution in [0.15, 0.2) is 41.1 Å². The Labute approximate surface area is 175 Å². The first-order valence-electron chi connectivity index (χ1n) is 10.2. The fraction of sp³-hybridized carbons (Fsp3) is 0.455. The van der Waals surface area contributed by atoms with Crippen molar-refractivity contribution in [1.82, 2.24) is 9.88 Å². The highest BCUT2D eigenvalue weighted by molar-refractivity contribution is 6.29. The van der Waals surface area contributed by atoms with Crippen molar-refractivity contribution >= 4 is 35.0 Å². The van der Waals surface area contributed by atoms with Gasteiger partial charge in [-0.25, -0.2) is 4.98 Å². The lowest BCUT2D eigenvalue weighted by Crippen LogP contribution is -2.40. The Morgan fingerprint density at radius 2 is 1.83 bits per heavy atom. The van der Waals surface area contributed by atoms with Crippen LogP contribution in [0.1, 0.15) is 48.9 Å². The van der Waals surface area contributed by atoms with Gasteiger partial charge < -0.3 is 4.90 Å². The van der Waals surface area contributed by atoms with Crippen LogP contribution in [0, 0.1) is 5.92 Å². The van der Waals surface area contributed by atoms with Crippen molar-refractivity contribution in [3.63, 3.8) is 0 Å². The molecule has 2 aliphatic heterocycles. The summed E-state index contributed by atoms with van der Waals surface area (Å²) in [5.41, 5.74) is 1.36. The molecule has 0 spiro atoms. The fourth-order valence-electron chi connectivity index (χ4n) is 4.17. The predicted molar refractivity (Wildman–Crippen MR) is 111 cm³/mol. The number of likely N-dealkylation sites (tertiary alicyclic amines) is 1. The van der Waals surface area contributed by atoms with E-state index in [1.807, 2.05) is 12.2 Å². The molecule has 6 nitrogen and oxygen atoms in total. The van der Waals surface area contributed by atoms with Crippen LogP contribution < -0.4 is 4.90 Å². The molecule has 0 unspecified atom stereocenters. The van der Waals surface area contributed by atoms with Gasteiger partial charge in [0.25, 0.3) is 5.91 Å². The molecule has 1 aromatic rings. The number of pyridine rings is 1. The smallest absolute Gasteiger partial charge is 0.255 e. The molecule has 7 heteroatoms. The third-order valence-electron chi connectivity index (χ3n) is 5.91. The number of halogens is 1. The number of hydrogen-bond acceptors (Lipinski definition) is 4. The number of piperidine rings is 1. The average molecular weight is 414 g/mol. The number of amides is 2. The van der Waals surface area contributed by atoms with E-state index in [1.165, 1.54) is 0 Å². The van der Waals surface area contributed by atoms with E-state index in [9.17, 15) is 14.4 Å². The number of aromatic nitrogens is 1. The number of nitrogens with zero attached hydrogens (tertiary/aromatic N) is 3. The first-order chi connectivity index (χ1) is 14.0. The molecule has 152 valence electrons. The third kappa shape index (κ3) is 4.27. The van der Waals surface area contributed by atoms with Gasteiger partial charge in [0, 0.05) is 43.2 Å². The van der Waals surface area contributed by atoms with Crippen LogP contribution >= 0.6 is 11.6 Å². The normalized spacial score (nSPS) is 20.5. The Morgan fingerprint density at radius 3 is 2.41 bits per heavy atom. The first kappa shape index (κ1) is 19.8. The topological polar surface area (TPSA) is 70.6 Å². The molecule has 0 radical (unpaired) electrons. The van der Waals surface area contributed by atoms with Crippen molar-refractivity contribution in [3.8, 4) is 0 Å². The van der Waals surface area contributed by atoms with Gasteiger partial charge in [-0.2, -0.15) is 0 Å². The highest BCUT2D eigenvalue weighted by Gasteiger charge is 2.30. The number of ketones is 1. The Bertz CT molecular complexity index is 883. The molecule has 0 N–H and O–H groups in total. The van der Waals surface area contributed by atoms with Gasteiger partial charge in [0.2, 0.25) is 5.91 Å². The van der Waals surface area contributed by atoms with Gasteiger partial charge in [-0.1, -0.05) is 17.7 Å². The molecule has 2 amide bonds. The van der Waals surface area contributed by atoms with E-state index in [-0.39, 0.29) is 23.5 Å². The van der Waals surface area contributed by atoms with Crippen LogP contribution in [-0.2, 0) is 9.59 Å². The molecule has 1 aromatic heterocycles. The first-order valence-corrected chi connectivity index (χ1v) is 10.6. The molecule has 29 heavy (non-hydrogen) atoms. The lowest BCUT2D eigenvalue weighted by Gasteiger charge is -2.32. The summed E-state index contributed by atoms with van der Waals surface area (Å²) in [5.74, 6) is 0.766. The largest absolute Gasteiger partial charge is 0.339 e. The minimum absolute atomic E-state index is 0.0303. The molecule has 0 saturated carbocycles. The van der Waals surface area contributed by atoms with E-state index in [2.05, 4.69) is 4.98 Å². The maximum Gasteiger partial charge on any atom is 0.255 e. The van der Waals surface area contributed by atoms with Gasteiger partial charge >= 0.3 is 0 Å². The van der Waals surface area contributed by atoms with Gasteiger partial charge in [0.1, 0.15) is 5.82 Å². The molecule has 0 aromatic carbocycles. The summed E-state index contributed by atoms with van der Waals surface area (Å²) in [4.78, 5) is 45.1. The number of carbonyl (C=O) groups excluding carboxylic acids is 3. The quantitative estimate of drug-likeness (QED) is 0.757. The summed E-state index contributed by atoms with van der Waals surface area (Å²) in [5, 5.41) is 0.788. The summed E-state index contributed by atoms with van der Waals surface area (Å²) < 4.78 is 0. The number of carbonyl (C=O) groups is 3. The van der Waals surface area contributed by atoms with Crippen LogP contribution in [0.3, 0.4) is 0 Å². The zero-order valence-corrected chi connectivity index (χ0v) is 17.0. The molecule has 2 saturated heterocycles. The Hall–Kier alpha value is -2.47. The third-order valence-corrected chi connectivity index (χ3v) is 6.23. The Balaban J connectivity index is 1.34. The number of Topliss-reactive ketones (excluding diaryl/α,β-unsaturated/α-hetero) is 1. The summed E-state index contributed by atoms with van der Waals surface area (Å²) >= 11 is 5.97. The molecule has 0 bridgehead atoms. The Kier molecular flexibility index (Phi) is 5.81. The van der Waals surface area contributed by atoms with Crippen LogP contribution in [-0.4, -0.2) is 47.1 Å². The number of rotatable bonds is 4. The maximum atomic E-state index is 12.8. The second-order valence-corrected chi connectivity index (χ2v) is 8.28. The average Bonchev–Trinajstić information content (AvgIpc) is 3.19. The van der Waals surface area contributed by atoms with Gasteiger partial charge in [-0.15, -0.1) is 0 Å². The summed E-state index contributed by atoms with van der Waals surface area (Å²) in [6.45, 7) is 1.80. The number of anilines is 1. The second-order valence-electron chi connectivity index (χ2n) is 7.79. The SMILES string of the molecule is O=C(C1=CC=C(Cl)CC1)C1CCN(C(=O)c2ccc(N3CCCC3=O)nc2)CC1. The highest BCUT2D eigenvalue weighted by atomic mass is 35.5. The minimum atomic E-state index is -0.0747. The van der Waals surface area contributed by atoms with Crippen molar-refractivity contribution in [2.45, 2.75) is 38.5 Å². The van der Waals surface area contributed by atoms with Crippen molar-refractivity contribution in [2.75, 3.05) is 24.5 Å². The zero-order valence-electron chi connectivity index (χ0n) is 16.3. The van der Waals surface area contributed by atoms with Gasteiger partial charge in [-0.3, -0.25) is 19.3 Å².